The third kappa shape index (κ3) is 4.40. The molecule has 2 saturated heterocycles. The van der Waals surface area contributed by atoms with Crippen LogP contribution in [0.4, 0.5) is 0 Å². The summed E-state index contributed by atoms with van der Waals surface area (Å²) in [5.41, 5.74) is 0.200. The number of piperidine rings is 2. The van der Waals surface area contributed by atoms with Gasteiger partial charge in [0.1, 0.15) is 0 Å². The molecule has 2 aliphatic heterocycles. The smallest absolute Gasteiger partial charge is 0.253 e. The Morgan fingerprint density at radius 2 is 2.08 bits per heavy atom. The number of rotatable bonds is 4. The summed E-state index contributed by atoms with van der Waals surface area (Å²) in [7, 11) is 0. The SMILES string of the molecule is CC1(C(=O)NCC2CCCNC2)CCCN(C(=O)c2ccccc2)C1. The number of benzene rings is 1. The zero-order valence-electron chi connectivity index (χ0n) is 15.1. The standard InChI is InChI=1S/C20H29N3O2/c1-20(19(25)22-14-16-7-5-11-21-13-16)10-6-12-23(15-20)18(24)17-8-3-2-4-9-17/h2-4,8-9,16,21H,5-7,10-15H2,1H3,(H,22,25). The molecular weight excluding hydrogens is 314 g/mol. The van der Waals surface area contributed by atoms with Crippen LogP contribution in [0.15, 0.2) is 30.3 Å². The van der Waals surface area contributed by atoms with Gasteiger partial charge in [0.2, 0.25) is 5.91 Å². The van der Waals surface area contributed by atoms with Gasteiger partial charge < -0.3 is 15.5 Å². The molecule has 5 nitrogen and oxygen atoms in total. The van der Waals surface area contributed by atoms with Crippen molar-refractivity contribution in [1.29, 1.82) is 0 Å². The monoisotopic (exact) mass is 343 g/mol. The van der Waals surface area contributed by atoms with Gasteiger partial charge in [-0.2, -0.15) is 0 Å². The molecule has 1 aromatic rings. The van der Waals surface area contributed by atoms with E-state index in [1.807, 2.05) is 42.2 Å². The molecule has 5 heteroatoms. The molecule has 0 radical (unpaired) electrons. The predicted octanol–water partition coefficient (Wildman–Crippen LogP) is 2.04. The zero-order chi connectivity index (χ0) is 17.7. The predicted molar refractivity (Wildman–Crippen MR) is 98.3 cm³/mol. The van der Waals surface area contributed by atoms with Crippen molar-refractivity contribution < 1.29 is 9.59 Å². The topological polar surface area (TPSA) is 61.4 Å². The largest absolute Gasteiger partial charge is 0.355 e. The van der Waals surface area contributed by atoms with Gasteiger partial charge in [-0.25, -0.2) is 0 Å². The minimum atomic E-state index is -0.495. The number of nitrogens with zero attached hydrogens (tertiary/aromatic N) is 1. The quantitative estimate of drug-likeness (QED) is 0.879. The fraction of sp³-hybridized carbons (Fsp3) is 0.600. The van der Waals surface area contributed by atoms with Gasteiger partial charge in [-0.1, -0.05) is 18.2 Å². The van der Waals surface area contributed by atoms with Crippen LogP contribution in [0.5, 0.6) is 0 Å². The average molecular weight is 343 g/mol. The Labute approximate surface area is 150 Å². The van der Waals surface area contributed by atoms with E-state index in [1.165, 1.54) is 12.8 Å². The molecule has 3 rings (SSSR count). The van der Waals surface area contributed by atoms with Gasteiger partial charge in [0, 0.05) is 25.2 Å². The summed E-state index contributed by atoms with van der Waals surface area (Å²) in [6, 6.07) is 9.34. The van der Waals surface area contributed by atoms with E-state index in [1.54, 1.807) is 0 Å². The maximum Gasteiger partial charge on any atom is 0.253 e. The Bertz CT molecular complexity index is 598. The van der Waals surface area contributed by atoms with Crippen LogP contribution in [0.1, 0.15) is 43.0 Å². The number of hydrogen-bond acceptors (Lipinski definition) is 3. The van der Waals surface area contributed by atoms with Crippen LogP contribution >= 0.6 is 0 Å². The molecular formula is C20H29N3O2. The molecule has 0 aliphatic carbocycles. The fourth-order valence-corrected chi connectivity index (χ4v) is 3.91. The van der Waals surface area contributed by atoms with Crippen LogP contribution in [0.3, 0.4) is 0 Å². The lowest BCUT2D eigenvalue weighted by molar-refractivity contribution is -0.132. The molecule has 136 valence electrons. The summed E-state index contributed by atoms with van der Waals surface area (Å²) in [6.45, 7) is 6.01. The lowest BCUT2D eigenvalue weighted by atomic mass is 9.80. The van der Waals surface area contributed by atoms with E-state index >= 15 is 0 Å². The van der Waals surface area contributed by atoms with Crippen molar-refractivity contribution in [3.8, 4) is 0 Å². The van der Waals surface area contributed by atoms with E-state index in [-0.39, 0.29) is 11.8 Å². The Kier molecular flexibility index (Phi) is 5.74. The highest BCUT2D eigenvalue weighted by Crippen LogP contribution is 2.30. The summed E-state index contributed by atoms with van der Waals surface area (Å²) < 4.78 is 0. The second kappa shape index (κ2) is 8.00. The summed E-state index contributed by atoms with van der Waals surface area (Å²) in [5.74, 6) is 0.631. The normalized spacial score (nSPS) is 26.9. The van der Waals surface area contributed by atoms with Gasteiger partial charge in [-0.05, 0) is 63.7 Å². The lowest BCUT2D eigenvalue weighted by Gasteiger charge is -2.39. The molecule has 2 unspecified atom stereocenters. The van der Waals surface area contributed by atoms with Gasteiger partial charge in [-0.15, -0.1) is 0 Å². The Morgan fingerprint density at radius 1 is 1.28 bits per heavy atom. The first-order valence-electron chi connectivity index (χ1n) is 9.42. The highest BCUT2D eigenvalue weighted by Gasteiger charge is 2.39. The highest BCUT2D eigenvalue weighted by molar-refractivity contribution is 5.95. The van der Waals surface area contributed by atoms with Crippen molar-refractivity contribution in [2.75, 3.05) is 32.7 Å². The maximum absolute atomic E-state index is 12.8. The molecule has 0 bridgehead atoms. The van der Waals surface area contributed by atoms with Gasteiger partial charge in [0.15, 0.2) is 0 Å². The van der Waals surface area contributed by atoms with Crippen molar-refractivity contribution in [3.05, 3.63) is 35.9 Å². The molecule has 2 heterocycles. The molecule has 2 N–H and O–H groups in total. The second-order valence-electron chi connectivity index (χ2n) is 7.68. The first-order valence-corrected chi connectivity index (χ1v) is 9.42. The molecule has 2 atom stereocenters. The number of carbonyl (C=O) groups excluding carboxylic acids is 2. The number of amides is 2. The van der Waals surface area contributed by atoms with Gasteiger partial charge in [-0.3, -0.25) is 9.59 Å². The Morgan fingerprint density at radius 3 is 2.80 bits per heavy atom. The summed E-state index contributed by atoms with van der Waals surface area (Å²) >= 11 is 0. The van der Waals surface area contributed by atoms with Crippen LogP contribution in [-0.4, -0.2) is 49.4 Å². The van der Waals surface area contributed by atoms with Crippen molar-refractivity contribution in [3.63, 3.8) is 0 Å². The number of likely N-dealkylation sites (tertiary alicyclic amines) is 1. The van der Waals surface area contributed by atoms with Crippen LogP contribution in [0.25, 0.3) is 0 Å². The van der Waals surface area contributed by atoms with Gasteiger partial charge in [0.25, 0.3) is 5.91 Å². The van der Waals surface area contributed by atoms with E-state index in [9.17, 15) is 9.59 Å². The van der Waals surface area contributed by atoms with Crippen molar-refractivity contribution in [1.82, 2.24) is 15.5 Å². The van der Waals surface area contributed by atoms with E-state index in [4.69, 9.17) is 0 Å². The molecule has 2 fully saturated rings. The molecule has 0 spiro atoms. The van der Waals surface area contributed by atoms with Crippen molar-refractivity contribution in [2.24, 2.45) is 11.3 Å². The van der Waals surface area contributed by atoms with E-state index in [2.05, 4.69) is 10.6 Å². The minimum Gasteiger partial charge on any atom is -0.355 e. The van der Waals surface area contributed by atoms with Gasteiger partial charge in [0.05, 0.1) is 5.41 Å². The molecule has 1 aromatic carbocycles. The third-order valence-corrected chi connectivity index (χ3v) is 5.50. The Balaban J connectivity index is 1.58. The molecule has 2 aliphatic rings. The summed E-state index contributed by atoms with van der Waals surface area (Å²) in [5, 5.41) is 6.53. The van der Waals surface area contributed by atoms with Crippen LogP contribution in [-0.2, 0) is 4.79 Å². The van der Waals surface area contributed by atoms with E-state index in [0.717, 1.165) is 39.0 Å². The van der Waals surface area contributed by atoms with Gasteiger partial charge >= 0.3 is 0 Å². The number of carbonyl (C=O) groups is 2. The minimum absolute atomic E-state index is 0.0239. The van der Waals surface area contributed by atoms with Crippen LogP contribution in [0.2, 0.25) is 0 Å². The van der Waals surface area contributed by atoms with E-state index < -0.39 is 5.41 Å². The molecule has 0 aromatic heterocycles. The van der Waals surface area contributed by atoms with Crippen molar-refractivity contribution in [2.45, 2.75) is 32.6 Å². The van der Waals surface area contributed by atoms with Crippen molar-refractivity contribution >= 4 is 11.8 Å². The molecule has 0 saturated carbocycles. The van der Waals surface area contributed by atoms with Crippen LogP contribution < -0.4 is 10.6 Å². The maximum atomic E-state index is 12.8. The first-order chi connectivity index (χ1) is 12.1. The zero-order valence-corrected chi connectivity index (χ0v) is 15.1. The third-order valence-electron chi connectivity index (χ3n) is 5.50. The first kappa shape index (κ1) is 17.9. The summed E-state index contributed by atoms with van der Waals surface area (Å²) in [4.78, 5) is 27.3. The van der Waals surface area contributed by atoms with Crippen LogP contribution in [0, 0.1) is 11.3 Å². The molecule has 2 amide bonds. The number of nitrogens with one attached hydrogen (secondary N) is 2. The summed E-state index contributed by atoms with van der Waals surface area (Å²) in [6.07, 6.45) is 4.05. The average Bonchev–Trinajstić information content (AvgIpc) is 2.67. The molecule has 25 heavy (non-hydrogen) atoms. The number of hydrogen-bond donors (Lipinski definition) is 2. The Hall–Kier alpha value is -1.88. The highest BCUT2D eigenvalue weighted by atomic mass is 16.2. The fourth-order valence-electron chi connectivity index (χ4n) is 3.91. The van der Waals surface area contributed by atoms with E-state index in [0.29, 0.717) is 18.0 Å². The second-order valence-corrected chi connectivity index (χ2v) is 7.68. The lowest BCUT2D eigenvalue weighted by Crippen LogP contribution is -2.53.